The molecule has 6 nitrogen and oxygen atoms in total. The molecule has 0 radical (unpaired) electrons. The predicted molar refractivity (Wildman–Crippen MR) is 127 cm³/mol. The van der Waals surface area contributed by atoms with E-state index in [2.05, 4.69) is 45.3 Å². The van der Waals surface area contributed by atoms with E-state index in [4.69, 9.17) is 5.73 Å². The van der Waals surface area contributed by atoms with Gasteiger partial charge >= 0.3 is 0 Å². The second-order valence-electron chi connectivity index (χ2n) is 8.89. The van der Waals surface area contributed by atoms with Crippen LogP contribution in [0, 0.1) is 12.8 Å². The largest absolute Gasteiger partial charge is 0.396 e. The van der Waals surface area contributed by atoms with Gasteiger partial charge in [-0.05, 0) is 61.8 Å². The zero-order valence-electron chi connectivity index (χ0n) is 18.1. The number of benzene rings is 1. The first-order valence-electron chi connectivity index (χ1n) is 11.2. The Balaban J connectivity index is 1.28. The summed E-state index contributed by atoms with van der Waals surface area (Å²) < 4.78 is 0. The highest BCUT2D eigenvalue weighted by Gasteiger charge is 2.26. The molecule has 0 spiro atoms. The molecular weight excluding hydrogens is 406 g/mol. The fraction of sp³-hybridized carbons (Fsp3) is 0.458. The topological polar surface area (TPSA) is 84.1 Å². The summed E-state index contributed by atoms with van der Waals surface area (Å²) >= 11 is 1.32. The molecule has 162 valence electrons. The molecule has 1 amide bonds. The van der Waals surface area contributed by atoms with E-state index >= 15 is 0 Å². The Kier molecular flexibility index (Phi) is 5.30. The zero-order chi connectivity index (χ0) is 21.5. The fourth-order valence-electron chi connectivity index (χ4n) is 4.85. The number of hydrogen-bond acceptors (Lipinski definition) is 6. The summed E-state index contributed by atoms with van der Waals surface area (Å²) in [6.07, 6.45) is 7.04. The van der Waals surface area contributed by atoms with Gasteiger partial charge in [0.25, 0.3) is 5.91 Å². The number of nitrogens with zero attached hydrogens (tertiary/aromatic N) is 3. The molecular formula is C24H29N5OS. The first-order valence-corrected chi connectivity index (χ1v) is 12.0. The van der Waals surface area contributed by atoms with Gasteiger partial charge in [0.1, 0.15) is 15.2 Å². The van der Waals surface area contributed by atoms with Crippen molar-refractivity contribution in [3.8, 4) is 0 Å². The van der Waals surface area contributed by atoms with Gasteiger partial charge in [-0.15, -0.1) is 11.3 Å². The van der Waals surface area contributed by atoms with Crippen molar-refractivity contribution in [3.05, 3.63) is 46.1 Å². The number of anilines is 2. The lowest BCUT2D eigenvalue weighted by Crippen LogP contribution is -2.38. The van der Waals surface area contributed by atoms with Crippen LogP contribution in [0.4, 0.5) is 11.4 Å². The van der Waals surface area contributed by atoms with Gasteiger partial charge in [-0.3, -0.25) is 4.79 Å². The molecule has 1 aliphatic carbocycles. The number of thiophene rings is 1. The molecule has 2 aliphatic rings. The van der Waals surface area contributed by atoms with Crippen molar-refractivity contribution < 1.29 is 4.79 Å². The minimum absolute atomic E-state index is 0.118. The van der Waals surface area contributed by atoms with Crippen molar-refractivity contribution in [1.29, 1.82) is 0 Å². The molecule has 3 aromatic rings. The number of carbonyl (C=O) groups is 1. The molecule has 2 aromatic heterocycles. The standard InChI is InChI=1S/C24H29N5OS/c1-3-15-8-9-29(13-15)19-7-5-16-10-18(6-4-17(16)11-19)28-23(30)22-20(25)21-24(31-22)27-14(2)12-26-21/h5,7,11-12,15,18H,3-4,6,8-10,13,25H2,1-2H3,(H,28,30)/t15-,18+/m1/s1. The molecule has 0 saturated carbocycles. The lowest BCUT2D eigenvalue weighted by molar-refractivity contribution is 0.0938. The number of fused-ring (bicyclic) bond motifs is 2. The number of nitrogens with one attached hydrogen (secondary N) is 1. The minimum atomic E-state index is -0.118. The SMILES string of the molecule is CC[C@@H]1CCN(c2ccc3c(c2)CC[C@H](NC(=O)c2sc4nc(C)cnc4c2N)C3)C1. The van der Waals surface area contributed by atoms with E-state index in [0.717, 1.165) is 42.2 Å². The quantitative estimate of drug-likeness (QED) is 0.644. The summed E-state index contributed by atoms with van der Waals surface area (Å²) in [5.41, 5.74) is 12.2. The van der Waals surface area contributed by atoms with Crippen molar-refractivity contribution in [1.82, 2.24) is 15.3 Å². The van der Waals surface area contributed by atoms with Crippen molar-refractivity contribution in [2.75, 3.05) is 23.7 Å². The molecule has 7 heteroatoms. The number of aryl methyl sites for hydroxylation is 2. The third-order valence-corrected chi connectivity index (χ3v) is 7.83. The molecule has 1 saturated heterocycles. The van der Waals surface area contributed by atoms with Gasteiger partial charge in [0.2, 0.25) is 0 Å². The van der Waals surface area contributed by atoms with Crippen LogP contribution in [-0.4, -0.2) is 35.0 Å². The van der Waals surface area contributed by atoms with Gasteiger partial charge in [0.15, 0.2) is 0 Å². The average Bonchev–Trinajstić information content (AvgIpc) is 3.38. The lowest BCUT2D eigenvalue weighted by Gasteiger charge is -2.27. The third-order valence-electron chi connectivity index (χ3n) is 6.75. The second-order valence-corrected chi connectivity index (χ2v) is 9.88. The predicted octanol–water partition coefficient (Wildman–Crippen LogP) is 4.11. The number of hydrogen-bond donors (Lipinski definition) is 2. The minimum Gasteiger partial charge on any atom is -0.396 e. The highest BCUT2D eigenvalue weighted by Crippen LogP contribution is 2.33. The molecule has 0 bridgehead atoms. The van der Waals surface area contributed by atoms with E-state index in [-0.39, 0.29) is 11.9 Å². The smallest absolute Gasteiger partial charge is 0.263 e. The van der Waals surface area contributed by atoms with Crippen LogP contribution in [0.15, 0.2) is 24.4 Å². The lowest BCUT2D eigenvalue weighted by atomic mass is 9.87. The number of amides is 1. The van der Waals surface area contributed by atoms with Crippen LogP contribution in [0.1, 0.15) is 52.7 Å². The van der Waals surface area contributed by atoms with Crippen molar-refractivity contribution in [3.63, 3.8) is 0 Å². The monoisotopic (exact) mass is 435 g/mol. The molecule has 5 rings (SSSR count). The van der Waals surface area contributed by atoms with Gasteiger partial charge in [-0.1, -0.05) is 19.4 Å². The molecule has 31 heavy (non-hydrogen) atoms. The van der Waals surface area contributed by atoms with Crippen LogP contribution in [0.25, 0.3) is 10.3 Å². The maximum Gasteiger partial charge on any atom is 0.263 e. The van der Waals surface area contributed by atoms with Gasteiger partial charge in [0.05, 0.1) is 11.4 Å². The Morgan fingerprint density at radius 2 is 2.19 bits per heavy atom. The Morgan fingerprint density at radius 3 is 3.00 bits per heavy atom. The van der Waals surface area contributed by atoms with E-state index in [1.807, 2.05) is 6.92 Å². The first kappa shape index (κ1) is 20.2. The Hall–Kier alpha value is -2.67. The summed E-state index contributed by atoms with van der Waals surface area (Å²) in [6, 6.07) is 7.00. The molecule has 3 N–H and O–H groups in total. The Labute approximate surface area is 186 Å². The van der Waals surface area contributed by atoms with Crippen LogP contribution in [-0.2, 0) is 12.8 Å². The summed E-state index contributed by atoms with van der Waals surface area (Å²) in [4.78, 5) is 25.5. The van der Waals surface area contributed by atoms with Gasteiger partial charge < -0.3 is 16.0 Å². The van der Waals surface area contributed by atoms with E-state index in [0.29, 0.717) is 16.1 Å². The van der Waals surface area contributed by atoms with Crippen LogP contribution in [0.3, 0.4) is 0 Å². The van der Waals surface area contributed by atoms with Gasteiger partial charge in [-0.25, -0.2) is 9.97 Å². The Morgan fingerprint density at radius 1 is 1.32 bits per heavy atom. The number of aromatic nitrogens is 2. The van der Waals surface area contributed by atoms with E-state index in [9.17, 15) is 4.79 Å². The number of carbonyl (C=O) groups excluding carboxylic acids is 1. The highest BCUT2D eigenvalue weighted by molar-refractivity contribution is 7.21. The van der Waals surface area contributed by atoms with Crippen LogP contribution in [0.2, 0.25) is 0 Å². The highest BCUT2D eigenvalue weighted by atomic mass is 32.1. The number of nitrogens with two attached hydrogens (primary N) is 1. The average molecular weight is 436 g/mol. The summed E-state index contributed by atoms with van der Waals surface area (Å²) in [5.74, 6) is 0.707. The van der Waals surface area contributed by atoms with Crippen LogP contribution < -0.4 is 16.0 Å². The molecule has 0 unspecified atom stereocenters. The molecule has 1 fully saturated rings. The summed E-state index contributed by atoms with van der Waals surface area (Å²) in [6.45, 7) is 6.51. The molecule has 3 heterocycles. The maximum atomic E-state index is 12.9. The zero-order valence-corrected chi connectivity index (χ0v) is 19.0. The summed E-state index contributed by atoms with van der Waals surface area (Å²) in [7, 11) is 0. The summed E-state index contributed by atoms with van der Waals surface area (Å²) in [5, 5.41) is 3.20. The van der Waals surface area contributed by atoms with E-state index in [1.54, 1.807) is 6.20 Å². The van der Waals surface area contributed by atoms with E-state index in [1.165, 1.54) is 47.5 Å². The molecule has 2 atom stereocenters. The van der Waals surface area contributed by atoms with Crippen LogP contribution in [0.5, 0.6) is 0 Å². The second kappa shape index (κ2) is 8.11. The van der Waals surface area contributed by atoms with Gasteiger partial charge in [-0.2, -0.15) is 0 Å². The fourth-order valence-corrected chi connectivity index (χ4v) is 5.85. The van der Waals surface area contributed by atoms with Crippen LogP contribution >= 0.6 is 11.3 Å². The first-order chi connectivity index (χ1) is 15.0. The van der Waals surface area contributed by atoms with E-state index < -0.39 is 0 Å². The third kappa shape index (κ3) is 3.87. The van der Waals surface area contributed by atoms with Crippen molar-refractivity contribution in [2.45, 2.75) is 52.0 Å². The van der Waals surface area contributed by atoms with Gasteiger partial charge in [0, 0.05) is 31.0 Å². The molecule has 1 aliphatic heterocycles. The number of nitrogen functional groups attached to an aromatic ring is 1. The number of rotatable bonds is 4. The molecule has 1 aromatic carbocycles. The normalized spacial score (nSPS) is 20.8. The van der Waals surface area contributed by atoms with Crippen molar-refractivity contribution >= 4 is 39.0 Å². The van der Waals surface area contributed by atoms with Crippen molar-refractivity contribution in [2.24, 2.45) is 5.92 Å². The maximum absolute atomic E-state index is 12.9. The Bertz CT molecular complexity index is 1140.